The van der Waals surface area contributed by atoms with Gasteiger partial charge in [0.05, 0.1) is 5.56 Å². The van der Waals surface area contributed by atoms with Crippen molar-refractivity contribution in [1.82, 2.24) is 5.32 Å². The van der Waals surface area contributed by atoms with Crippen LogP contribution in [0.5, 0.6) is 0 Å². The average molecular weight is 387 g/mol. The number of amides is 1. The Morgan fingerprint density at radius 3 is 2.42 bits per heavy atom. The summed E-state index contributed by atoms with van der Waals surface area (Å²) >= 11 is 6.53. The predicted octanol–water partition coefficient (Wildman–Crippen LogP) is 4.28. The molecule has 2 rings (SSSR count). The molecule has 0 radical (unpaired) electrons. The average Bonchev–Trinajstić information content (AvgIpc) is 2.37. The molecule has 0 aromatic heterocycles. The van der Waals surface area contributed by atoms with Crippen molar-refractivity contribution in [2.45, 2.75) is 6.54 Å². The van der Waals surface area contributed by atoms with Gasteiger partial charge in [-0.1, -0.05) is 28.1 Å². The molecule has 1 N–H and O–H groups in total. The van der Waals surface area contributed by atoms with E-state index in [0.29, 0.717) is 16.6 Å². The van der Waals surface area contributed by atoms with Gasteiger partial charge in [0.1, 0.15) is 5.82 Å². The van der Waals surface area contributed by atoms with E-state index in [-0.39, 0.29) is 11.7 Å². The molecular formula is C14H10Br2FNO. The van der Waals surface area contributed by atoms with E-state index >= 15 is 0 Å². The van der Waals surface area contributed by atoms with Crippen LogP contribution in [0.25, 0.3) is 0 Å². The summed E-state index contributed by atoms with van der Waals surface area (Å²) in [6.45, 7) is 0.427. The van der Waals surface area contributed by atoms with Gasteiger partial charge >= 0.3 is 0 Å². The zero-order valence-corrected chi connectivity index (χ0v) is 13.0. The van der Waals surface area contributed by atoms with E-state index < -0.39 is 0 Å². The normalized spacial score (nSPS) is 10.3. The lowest BCUT2D eigenvalue weighted by atomic mass is 10.2. The van der Waals surface area contributed by atoms with Crippen LogP contribution in [0.15, 0.2) is 51.4 Å². The fraction of sp³-hybridized carbons (Fsp3) is 0.0714. The first-order valence-electron chi connectivity index (χ1n) is 5.54. The summed E-state index contributed by atoms with van der Waals surface area (Å²) in [7, 11) is 0. The molecule has 98 valence electrons. The Bertz CT molecular complexity index is 599. The maximum absolute atomic E-state index is 12.9. The van der Waals surface area contributed by atoms with Crippen LogP contribution in [0.1, 0.15) is 15.9 Å². The van der Waals surface area contributed by atoms with Gasteiger partial charge in [0.15, 0.2) is 0 Å². The molecule has 0 spiro atoms. The number of hydrogen-bond donors (Lipinski definition) is 1. The number of rotatable bonds is 3. The van der Waals surface area contributed by atoms with Crippen molar-refractivity contribution >= 4 is 37.8 Å². The Hall–Kier alpha value is -1.20. The summed E-state index contributed by atoms with van der Waals surface area (Å²) in [6, 6.07) is 11.7. The maximum Gasteiger partial charge on any atom is 0.252 e. The van der Waals surface area contributed by atoms with Gasteiger partial charge in [-0.05, 0) is 51.8 Å². The summed E-state index contributed by atoms with van der Waals surface area (Å²) in [6.07, 6.45) is 0. The van der Waals surface area contributed by atoms with Crippen LogP contribution in [0.4, 0.5) is 4.39 Å². The quantitative estimate of drug-likeness (QED) is 0.837. The predicted molar refractivity (Wildman–Crippen MR) is 79.4 cm³/mol. The Morgan fingerprint density at radius 1 is 1.11 bits per heavy atom. The molecule has 0 saturated heterocycles. The highest BCUT2D eigenvalue weighted by atomic mass is 79.9. The summed E-state index contributed by atoms with van der Waals surface area (Å²) in [5.74, 6) is -0.619. The second-order valence-electron chi connectivity index (χ2n) is 3.93. The molecule has 0 fully saturated rings. The second-order valence-corrected chi connectivity index (χ2v) is 5.70. The molecule has 0 unspecified atom stereocenters. The van der Waals surface area contributed by atoms with Crippen LogP contribution in [0, 0.1) is 5.82 Å². The molecule has 5 heteroatoms. The number of hydrogen-bond acceptors (Lipinski definition) is 1. The van der Waals surface area contributed by atoms with Crippen LogP contribution in [-0.2, 0) is 6.54 Å². The summed E-state index contributed by atoms with van der Waals surface area (Å²) in [5, 5.41) is 2.79. The van der Waals surface area contributed by atoms with Crippen molar-refractivity contribution in [3.63, 3.8) is 0 Å². The molecule has 2 aromatic rings. The maximum atomic E-state index is 12.9. The highest BCUT2D eigenvalue weighted by Crippen LogP contribution is 2.18. The SMILES string of the molecule is O=C(NCc1ccc(Br)cc1)c1ccc(F)cc1Br. The Labute approximate surface area is 127 Å². The van der Waals surface area contributed by atoms with E-state index in [0.717, 1.165) is 10.0 Å². The van der Waals surface area contributed by atoms with E-state index in [2.05, 4.69) is 37.2 Å². The van der Waals surface area contributed by atoms with Gasteiger partial charge in [0.25, 0.3) is 5.91 Å². The number of nitrogens with one attached hydrogen (secondary N) is 1. The first-order chi connectivity index (χ1) is 9.06. The molecular weight excluding hydrogens is 377 g/mol. The smallest absolute Gasteiger partial charge is 0.252 e. The van der Waals surface area contributed by atoms with Crippen LogP contribution >= 0.6 is 31.9 Å². The van der Waals surface area contributed by atoms with Gasteiger partial charge in [0.2, 0.25) is 0 Å². The molecule has 0 saturated carbocycles. The summed E-state index contributed by atoms with van der Waals surface area (Å²) in [4.78, 5) is 11.9. The Morgan fingerprint density at radius 2 is 1.79 bits per heavy atom. The van der Waals surface area contributed by atoms with E-state index in [9.17, 15) is 9.18 Å². The monoisotopic (exact) mass is 385 g/mol. The third-order valence-electron chi connectivity index (χ3n) is 2.54. The molecule has 0 bridgehead atoms. The topological polar surface area (TPSA) is 29.1 Å². The summed E-state index contributed by atoms with van der Waals surface area (Å²) < 4.78 is 14.4. The van der Waals surface area contributed by atoms with Gasteiger partial charge in [-0.2, -0.15) is 0 Å². The van der Waals surface area contributed by atoms with E-state index in [1.165, 1.54) is 18.2 Å². The standard InChI is InChI=1S/C14H10Br2FNO/c15-10-3-1-9(2-4-10)8-18-14(19)12-6-5-11(17)7-13(12)16/h1-7H,8H2,(H,18,19). The second kappa shape index (κ2) is 6.30. The van der Waals surface area contributed by atoms with E-state index in [4.69, 9.17) is 0 Å². The molecule has 0 heterocycles. The third-order valence-corrected chi connectivity index (χ3v) is 3.73. The Kier molecular flexibility index (Phi) is 4.71. The van der Waals surface area contributed by atoms with E-state index in [1.54, 1.807) is 0 Å². The van der Waals surface area contributed by atoms with Crippen LogP contribution in [0.3, 0.4) is 0 Å². The van der Waals surface area contributed by atoms with Crippen LogP contribution < -0.4 is 5.32 Å². The lowest BCUT2D eigenvalue weighted by Crippen LogP contribution is -2.23. The molecule has 0 aliphatic carbocycles. The molecule has 2 nitrogen and oxygen atoms in total. The van der Waals surface area contributed by atoms with Gasteiger partial charge in [-0.3, -0.25) is 4.79 Å². The van der Waals surface area contributed by atoms with Crippen molar-refractivity contribution in [2.24, 2.45) is 0 Å². The number of carbonyl (C=O) groups is 1. The lowest BCUT2D eigenvalue weighted by molar-refractivity contribution is 0.0950. The molecule has 0 aliphatic rings. The molecule has 0 aliphatic heterocycles. The molecule has 19 heavy (non-hydrogen) atoms. The first kappa shape index (κ1) is 14.2. The minimum absolute atomic E-state index is 0.241. The van der Waals surface area contributed by atoms with Gasteiger partial charge in [-0.15, -0.1) is 0 Å². The van der Waals surface area contributed by atoms with Gasteiger partial charge in [0, 0.05) is 15.5 Å². The Balaban J connectivity index is 2.03. The van der Waals surface area contributed by atoms with Crippen molar-refractivity contribution < 1.29 is 9.18 Å². The van der Waals surface area contributed by atoms with Crippen molar-refractivity contribution in [2.75, 3.05) is 0 Å². The number of benzene rings is 2. The highest BCUT2D eigenvalue weighted by Gasteiger charge is 2.10. The fourth-order valence-electron chi connectivity index (χ4n) is 1.55. The summed E-state index contributed by atoms with van der Waals surface area (Å²) in [5.41, 5.74) is 1.41. The van der Waals surface area contributed by atoms with Crippen LogP contribution in [0.2, 0.25) is 0 Å². The minimum Gasteiger partial charge on any atom is -0.348 e. The number of carbonyl (C=O) groups excluding carboxylic acids is 1. The number of halogens is 3. The van der Waals surface area contributed by atoms with Crippen LogP contribution in [-0.4, -0.2) is 5.91 Å². The van der Waals surface area contributed by atoms with Gasteiger partial charge < -0.3 is 5.32 Å². The molecule has 1 amide bonds. The van der Waals surface area contributed by atoms with Crippen molar-refractivity contribution in [3.8, 4) is 0 Å². The van der Waals surface area contributed by atoms with Crippen molar-refractivity contribution in [1.29, 1.82) is 0 Å². The van der Waals surface area contributed by atoms with Gasteiger partial charge in [-0.25, -0.2) is 4.39 Å². The molecule has 2 aromatic carbocycles. The first-order valence-corrected chi connectivity index (χ1v) is 7.12. The zero-order valence-electron chi connectivity index (χ0n) is 9.79. The minimum atomic E-state index is -0.378. The fourth-order valence-corrected chi connectivity index (χ4v) is 2.35. The third kappa shape index (κ3) is 3.88. The van der Waals surface area contributed by atoms with Crippen molar-refractivity contribution in [3.05, 3.63) is 68.4 Å². The highest BCUT2D eigenvalue weighted by molar-refractivity contribution is 9.10. The lowest BCUT2D eigenvalue weighted by Gasteiger charge is -2.07. The van der Waals surface area contributed by atoms with E-state index in [1.807, 2.05) is 24.3 Å². The zero-order chi connectivity index (χ0) is 13.8. The molecule has 0 atom stereocenters. The largest absolute Gasteiger partial charge is 0.348 e.